The zero-order valence-electron chi connectivity index (χ0n) is 12.7. The van der Waals surface area contributed by atoms with Gasteiger partial charge < -0.3 is 16.2 Å². The summed E-state index contributed by atoms with van der Waals surface area (Å²) in [4.78, 5) is 10.4. The Kier molecular flexibility index (Phi) is 4.22. The number of benzene rings is 1. The topological polar surface area (TPSA) is 90.3 Å². The molecule has 1 aromatic carbocycles. The molecule has 0 amide bonds. The number of aromatic nitrogens is 2. The van der Waals surface area contributed by atoms with Gasteiger partial charge in [0.15, 0.2) is 0 Å². The van der Waals surface area contributed by atoms with Crippen molar-refractivity contribution in [2.45, 2.75) is 19.6 Å². The van der Waals surface area contributed by atoms with Crippen molar-refractivity contribution in [2.75, 3.05) is 31.2 Å². The minimum atomic E-state index is 0.0888. The molecule has 2 heterocycles. The largest absolute Gasteiger partial charge is 0.383 e. The first kappa shape index (κ1) is 14.7. The van der Waals surface area contributed by atoms with Crippen molar-refractivity contribution in [3.8, 4) is 0 Å². The second-order valence-electron chi connectivity index (χ2n) is 5.59. The molecule has 1 saturated heterocycles. The average molecular weight is 299 g/mol. The molecule has 6 heteroatoms. The molecule has 0 saturated carbocycles. The van der Waals surface area contributed by atoms with Gasteiger partial charge in [0, 0.05) is 31.4 Å². The summed E-state index contributed by atoms with van der Waals surface area (Å²) >= 11 is 0. The van der Waals surface area contributed by atoms with Crippen molar-refractivity contribution in [3.63, 3.8) is 0 Å². The van der Waals surface area contributed by atoms with Gasteiger partial charge >= 0.3 is 0 Å². The molecule has 22 heavy (non-hydrogen) atoms. The average Bonchev–Trinajstić information content (AvgIpc) is 2.51. The monoisotopic (exact) mass is 299 g/mol. The van der Waals surface area contributed by atoms with Gasteiger partial charge in [-0.15, -0.1) is 0 Å². The van der Waals surface area contributed by atoms with E-state index in [9.17, 15) is 0 Å². The molecule has 2 aromatic rings. The molecule has 0 bridgehead atoms. The molecule has 1 aliphatic heterocycles. The van der Waals surface area contributed by atoms with Gasteiger partial charge in [-0.1, -0.05) is 24.3 Å². The third kappa shape index (κ3) is 3.18. The van der Waals surface area contributed by atoms with Crippen molar-refractivity contribution < 1.29 is 4.74 Å². The highest BCUT2D eigenvalue weighted by molar-refractivity contribution is 5.41. The zero-order chi connectivity index (χ0) is 15.5. The van der Waals surface area contributed by atoms with Gasteiger partial charge in [0.25, 0.3) is 0 Å². The molecule has 0 radical (unpaired) electrons. The van der Waals surface area contributed by atoms with Crippen molar-refractivity contribution in [3.05, 3.63) is 47.2 Å². The zero-order valence-corrected chi connectivity index (χ0v) is 12.7. The highest BCUT2D eigenvalue weighted by Crippen LogP contribution is 2.26. The number of aryl methyl sites for hydroxylation is 1. The van der Waals surface area contributed by atoms with Gasteiger partial charge in [0.05, 0.1) is 12.7 Å². The Bertz CT molecular complexity index is 661. The lowest BCUT2D eigenvalue weighted by molar-refractivity contribution is -0.0332. The number of anilines is 2. The molecule has 1 aromatic heterocycles. The number of nitrogens with zero attached hydrogens (tertiary/aromatic N) is 3. The van der Waals surface area contributed by atoms with Crippen LogP contribution in [0, 0.1) is 6.92 Å². The third-order valence-corrected chi connectivity index (χ3v) is 4.00. The van der Waals surface area contributed by atoms with Crippen molar-refractivity contribution in [1.29, 1.82) is 0 Å². The van der Waals surface area contributed by atoms with Gasteiger partial charge in [-0.25, -0.2) is 4.98 Å². The van der Waals surface area contributed by atoms with E-state index in [1.165, 1.54) is 11.1 Å². The number of hydrogen-bond acceptors (Lipinski definition) is 6. The molecule has 1 fully saturated rings. The summed E-state index contributed by atoms with van der Waals surface area (Å²) in [5, 5.41) is 0. The van der Waals surface area contributed by atoms with Crippen LogP contribution < -0.4 is 11.5 Å². The fraction of sp³-hybridized carbons (Fsp3) is 0.375. The molecule has 6 nitrogen and oxygen atoms in total. The van der Waals surface area contributed by atoms with E-state index in [2.05, 4.69) is 40.0 Å². The van der Waals surface area contributed by atoms with Crippen LogP contribution in [0.2, 0.25) is 0 Å². The van der Waals surface area contributed by atoms with Gasteiger partial charge in [-0.05, 0) is 18.1 Å². The standard InChI is InChI=1S/C16H21N5O/c1-11-4-2-3-5-13(11)14-10-21(6-7-22-14)9-12-8-19-16(18)20-15(12)17/h2-5,8,14H,6-7,9-10H2,1H3,(H4,17,18,19,20). The van der Waals surface area contributed by atoms with Gasteiger partial charge in [0.2, 0.25) is 5.95 Å². The lowest BCUT2D eigenvalue weighted by Crippen LogP contribution is -2.38. The lowest BCUT2D eigenvalue weighted by Gasteiger charge is -2.33. The molecular formula is C16H21N5O. The first-order chi connectivity index (χ1) is 10.6. The van der Waals surface area contributed by atoms with E-state index in [4.69, 9.17) is 16.2 Å². The lowest BCUT2D eigenvalue weighted by atomic mass is 10.0. The summed E-state index contributed by atoms with van der Waals surface area (Å²) in [5.74, 6) is 0.660. The summed E-state index contributed by atoms with van der Waals surface area (Å²) in [6, 6.07) is 8.34. The van der Waals surface area contributed by atoms with Gasteiger partial charge in [0.1, 0.15) is 5.82 Å². The SMILES string of the molecule is Cc1ccccc1C1CN(Cc2cnc(N)nc2N)CCO1. The van der Waals surface area contributed by atoms with E-state index < -0.39 is 0 Å². The van der Waals surface area contributed by atoms with Crippen LogP contribution in [0.4, 0.5) is 11.8 Å². The van der Waals surface area contributed by atoms with Crippen molar-refractivity contribution in [2.24, 2.45) is 0 Å². The first-order valence-corrected chi connectivity index (χ1v) is 7.40. The first-order valence-electron chi connectivity index (χ1n) is 7.40. The number of nitrogen functional groups attached to an aromatic ring is 2. The number of ether oxygens (including phenoxy) is 1. The van der Waals surface area contributed by atoms with Crippen molar-refractivity contribution >= 4 is 11.8 Å². The molecule has 1 aliphatic rings. The van der Waals surface area contributed by atoms with Crippen LogP contribution in [0.1, 0.15) is 22.8 Å². The summed E-state index contributed by atoms with van der Waals surface area (Å²) < 4.78 is 5.94. The predicted octanol–water partition coefficient (Wildman–Crippen LogP) is 1.52. The maximum atomic E-state index is 5.94. The predicted molar refractivity (Wildman–Crippen MR) is 86.0 cm³/mol. The number of rotatable bonds is 3. The van der Waals surface area contributed by atoms with Crippen LogP contribution in [0.25, 0.3) is 0 Å². The van der Waals surface area contributed by atoms with Gasteiger partial charge in [-0.3, -0.25) is 4.90 Å². The Morgan fingerprint density at radius 1 is 1.32 bits per heavy atom. The number of nitrogens with two attached hydrogens (primary N) is 2. The molecule has 0 spiro atoms. The van der Waals surface area contributed by atoms with Crippen LogP contribution >= 0.6 is 0 Å². The number of morpholine rings is 1. The highest BCUT2D eigenvalue weighted by atomic mass is 16.5. The highest BCUT2D eigenvalue weighted by Gasteiger charge is 2.23. The van der Waals surface area contributed by atoms with Gasteiger partial charge in [-0.2, -0.15) is 4.98 Å². The summed E-state index contributed by atoms with van der Waals surface area (Å²) in [5.41, 5.74) is 14.9. The Balaban J connectivity index is 1.72. The van der Waals surface area contributed by atoms with E-state index in [1.54, 1.807) is 6.20 Å². The second-order valence-corrected chi connectivity index (χ2v) is 5.59. The minimum absolute atomic E-state index is 0.0888. The van der Waals surface area contributed by atoms with Crippen molar-refractivity contribution in [1.82, 2.24) is 14.9 Å². The fourth-order valence-electron chi connectivity index (χ4n) is 2.78. The maximum Gasteiger partial charge on any atom is 0.221 e. The van der Waals surface area contributed by atoms with E-state index in [-0.39, 0.29) is 12.1 Å². The van der Waals surface area contributed by atoms with E-state index in [0.29, 0.717) is 19.0 Å². The quantitative estimate of drug-likeness (QED) is 0.893. The molecule has 1 unspecified atom stereocenters. The summed E-state index contributed by atoms with van der Waals surface area (Å²) in [7, 11) is 0. The van der Waals surface area contributed by atoms with E-state index in [0.717, 1.165) is 18.7 Å². The maximum absolute atomic E-state index is 5.94. The second kappa shape index (κ2) is 6.29. The summed E-state index contributed by atoms with van der Waals surface area (Å²) in [6.07, 6.45) is 1.79. The number of hydrogen-bond donors (Lipinski definition) is 2. The molecule has 0 aliphatic carbocycles. The van der Waals surface area contributed by atoms with Crippen LogP contribution in [0.5, 0.6) is 0 Å². The fourth-order valence-corrected chi connectivity index (χ4v) is 2.78. The smallest absolute Gasteiger partial charge is 0.221 e. The molecule has 3 rings (SSSR count). The minimum Gasteiger partial charge on any atom is -0.383 e. The van der Waals surface area contributed by atoms with E-state index >= 15 is 0 Å². The van der Waals surface area contributed by atoms with Crippen LogP contribution in [0.3, 0.4) is 0 Å². The molecule has 1 atom stereocenters. The van der Waals surface area contributed by atoms with Crippen LogP contribution in [-0.4, -0.2) is 34.6 Å². The Morgan fingerprint density at radius 3 is 2.91 bits per heavy atom. The third-order valence-electron chi connectivity index (χ3n) is 4.00. The molecule has 116 valence electrons. The Morgan fingerprint density at radius 2 is 2.14 bits per heavy atom. The van der Waals surface area contributed by atoms with Crippen LogP contribution in [0.15, 0.2) is 30.5 Å². The normalized spacial score (nSPS) is 19.2. The molecular weight excluding hydrogens is 278 g/mol. The van der Waals surface area contributed by atoms with Crippen LogP contribution in [-0.2, 0) is 11.3 Å². The Labute approximate surface area is 130 Å². The summed E-state index contributed by atoms with van der Waals surface area (Å²) in [6.45, 7) is 5.22. The van der Waals surface area contributed by atoms with E-state index in [1.807, 2.05) is 6.07 Å². The molecule has 4 N–H and O–H groups in total. The Hall–Kier alpha value is -2.18.